The van der Waals surface area contributed by atoms with Crippen molar-refractivity contribution in [1.29, 1.82) is 0 Å². The fourth-order valence-corrected chi connectivity index (χ4v) is 3.92. The molecule has 4 heteroatoms. The number of rotatable bonds is 1. The molecule has 1 aromatic carbocycles. The topological polar surface area (TPSA) is 54.4 Å². The monoisotopic (exact) mass is 252 g/mol. The van der Waals surface area contributed by atoms with Crippen LogP contribution in [0.15, 0.2) is 23.1 Å². The molecule has 1 fully saturated rings. The van der Waals surface area contributed by atoms with Gasteiger partial charge in [0.15, 0.2) is 0 Å². The fourth-order valence-electron chi connectivity index (χ4n) is 3.41. The number of hydrogen-bond acceptors (Lipinski definition) is 2. The van der Waals surface area contributed by atoms with Crippen LogP contribution in [0, 0.1) is 5.92 Å². The minimum absolute atomic E-state index is 0.0440. The molecule has 0 radical (unpaired) electrons. The van der Waals surface area contributed by atoms with Crippen LogP contribution in [0.4, 0.5) is 0 Å². The molecule has 0 aliphatic heterocycles. The maximum atomic E-state index is 11.1. The van der Waals surface area contributed by atoms with Gasteiger partial charge in [-0.3, -0.25) is 4.55 Å². The van der Waals surface area contributed by atoms with Crippen molar-refractivity contribution in [3.8, 4) is 0 Å². The first-order valence-corrected chi connectivity index (χ1v) is 7.60. The van der Waals surface area contributed by atoms with Crippen molar-refractivity contribution in [3.05, 3.63) is 29.3 Å². The number of fused-ring (bicyclic) bond motifs is 3. The Morgan fingerprint density at radius 2 is 1.94 bits per heavy atom. The van der Waals surface area contributed by atoms with Gasteiger partial charge in [-0.1, -0.05) is 18.9 Å². The van der Waals surface area contributed by atoms with Gasteiger partial charge in [-0.2, -0.15) is 8.42 Å². The lowest BCUT2D eigenvalue weighted by molar-refractivity contribution is 0.330. The molecule has 1 N–H and O–H groups in total. The highest BCUT2D eigenvalue weighted by Gasteiger charge is 2.34. The SMILES string of the molecule is O=S(=O)(O)c1ccc2c(c1)C1CCCCC1C2. The predicted octanol–water partition coefficient (Wildman–Crippen LogP) is 2.76. The second kappa shape index (κ2) is 3.82. The highest BCUT2D eigenvalue weighted by atomic mass is 32.2. The Labute approximate surface area is 102 Å². The molecule has 2 aliphatic rings. The largest absolute Gasteiger partial charge is 0.294 e. The van der Waals surface area contributed by atoms with Crippen LogP contribution in [0.5, 0.6) is 0 Å². The Balaban J connectivity index is 2.05. The van der Waals surface area contributed by atoms with E-state index in [1.165, 1.54) is 30.9 Å². The van der Waals surface area contributed by atoms with Crippen molar-refractivity contribution in [2.24, 2.45) is 5.92 Å². The van der Waals surface area contributed by atoms with Crippen LogP contribution in [0.2, 0.25) is 0 Å². The molecule has 1 saturated carbocycles. The summed E-state index contributed by atoms with van der Waals surface area (Å²) in [5.41, 5.74) is 2.43. The van der Waals surface area contributed by atoms with Gasteiger partial charge in [0, 0.05) is 0 Å². The van der Waals surface area contributed by atoms with Crippen LogP contribution >= 0.6 is 0 Å². The Morgan fingerprint density at radius 1 is 1.18 bits per heavy atom. The van der Waals surface area contributed by atoms with Gasteiger partial charge in [0.1, 0.15) is 0 Å². The van der Waals surface area contributed by atoms with Gasteiger partial charge in [-0.05, 0) is 54.4 Å². The molecule has 0 aromatic heterocycles. The van der Waals surface area contributed by atoms with Crippen LogP contribution < -0.4 is 0 Å². The molecule has 3 rings (SSSR count). The van der Waals surface area contributed by atoms with Gasteiger partial charge in [-0.25, -0.2) is 0 Å². The van der Waals surface area contributed by atoms with Crippen LogP contribution in [0.25, 0.3) is 0 Å². The van der Waals surface area contributed by atoms with Crippen molar-refractivity contribution in [3.63, 3.8) is 0 Å². The number of benzene rings is 1. The Morgan fingerprint density at radius 3 is 2.71 bits per heavy atom. The molecule has 17 heavy (non-hydrogen) atoms. The van der Waals surface area contributed by atoms with Gasteiger partial charge in [0.2, 0.25) is 0 Å². The van der Waals surface area contributed by atoms with E-state index in [2.05, 4.69) is 0 Å². The third kappa shape index (κ3) is 1.89. The van der Waals surface area contributed by atoms with E-state index in [0.717, 1.165) is 18.4 Å². The molecule has 1 aromatic rings. The second-order valence-electron chi connectivity index (χ2n) is 5.19. The van der Waals surface area contributed by atoms with Crippen molar-refractivity contribution in [2.75, 3.05) is 0 Å². The molecule has 2 atom stereocenters. The molecule has 0 spiro atoms. The lowest BCUT2D eigenvalue weighted by Gasteiger charge is -2.25. The molecule has 2 unspecified atom stereocenters. The fraction of sp³-hybridized carbons (Fsp3) is 0.538. The molecule has 92 valence electrons. The second-order valence-corrected chi connectivity index (χ2v) is 6.61. The summed E-state index contributed by atoms with van der Waals surface area (Å²) >= 11 is 0. The van der Waals surface area contributed by atoms with Crippen LogP contribution in [0.1, 0.15) is 42.7 Å². The Bertz CT molecular complexity index is 548. The molecule has 0 amide bonds. The first-order chi connectivity index (χ1) is 8.05. The summed E-state index contributed by atoms with van der Waals surface area (Å²) in [6.07, 6.45) is 6.01. The summed E-state index contributed by atoms with van der Waals surface area (Å²) in [6, 6.07) is 5.07. The average Bonchev–Trinajstić information content (AvgIpc) is 2.65. The van der Waals surface area contributed by atoms with Gasteiger partial charge in [-0.15, -0.1) is 0 Å². The third-order valence-corrected chi connectivity index (χ3v) is 5.06. The van der Waals surface area contributed by atoms with Gasteiger partial charge >= 0.3 is 0 Å². The zero-order valence-electron chi connectivity index (χ0n) is 9.59. The average molecular weight is 252 g/mol. The normalized spacial score (nSPS) is 27.6. The first kappa shape index (κ1) is 11.2. The standard InChI is InChI=1S/C13H16O3S/c14-17(15,16)11-6-5-10-7-9-3-1-2-4-12(9)13(10)8-11/h5-6,8-9,12H,1-4,7H2,(H,14,15,16). The predicted molar refractivity (Wildman–Crippen MR) is 64.7 cm³/mol. The van der Waals surface area contributed by atoms with Gasteiger partial charge < -0.3 is 0 Å². The van der Waals surface area contributed by atoms with Gasteiger partial charge in [0.25, 0.3) is 10.1 Å². The van der Waals surface area contributed by atoms with Crippen LogP contribution in [-0.4, -0.2) is 13.0 Å². The minimum Gasteiger partial charge on any atom is -0.282 e. The van der Waals surface area contributed by atoms with E-state index >= 15 is 0 Å². The summed E-state index contributed by atoms with van der Waals surface area (Å²) in [5, 5.41) is 0. The highest BCUT2D eigenvalue weighted by molar-refractivity contribution is 7.85. The van der Waals surface area contributed by atoms with E-state index in [0.29, 0.717) is 11.8 Å². The zero-order chi connectivity index (χ0) is 12.0. The van der Waals surface area contributed by atoms with Crippen molar-refractivity contribution >= 4 is 10.1 Å². The molecule has 2 aliphatic carbocycles. The smallest absolute Gasteiger partial charge is 0.282 e. The maximum absolute atomic E-state index is 11.1. The Hall–Kier alpha value is -0.870. The summed E-state index contributed by atoms with van der Waals surface area (Å²) in [6.45, 7) is 0. The van der Waals surface area contributed by atoms with Crippen LogP contribution in [0.3, 0.4) is 0 Å². The molecule has 3 nitrogen and oxygen atoms in total. The first-order valence-electron chi connectivity index (χ1n) is 6.16. The minimum atomic E-state index is -4.06. The van der Waals surface area contributed by atoms with Crippen molar-refractivity contribution in [1.82, 2.24) is 0 Å². The van der Waals surface area contributed by atoms with Crippen molar-refractivity contribution in [2.45, 2.75) is 42.9 Å². The summed E-state index contributed by atoms with van der Waals surface area (Å²) in [4.78, 5) is 0.0440. The third-order valence-electron chi connectivity index (χ3n) is 4.21. The molecular formula is C13H16O3S. The van der Waals surface area contributed by atoms with Gasteiger partial charge in [0.05, 0.1) is 4.90 Å². The van der Waals surface area contributed by atoms with Crippen molar-refractivity contribution < 1.29 is 13.0 Å². The summed E-state index contributed by atoms with van der Waals surface area (Å²) in [7, 11) is -4.06. The lowest BCUT2D eigenvalue weighted by Crippen LogP contribution is -2.13. The van der Waals surface area contributed by atoms with E-state index in [4.69, 9.17) is 4.55 Å². The summed E-state index contributed by atoms with van der Waals surface area (Å²) < 4.78 is 31.4. The zero-order valence-corrected chi connectivity index (χ0v) is 10.4. The van der Waals surface area contributed by atoms with E-state index in [1.54, 1.807) is 6.07 Å². The molecule has 0 heterocycles. The molecular weight excluding hydrogens is 236 g/mol. The molecule has 0 bridgehead atoms. The maximum Gasteiger partial charge on any atom is 0.294 e. The lowest BCUT2D eigenvalue weighted by atomic mass is 9.80. The van der Waals surface area contributed by atoms with E-state index in [-0.39, 0.29) is 4.90 Å². The van der Waals surface area contributed by atoms with E-state index in [9.17, 15) is 8.42 Å². The van der Waals surface area contributed by atoms with Crippen LogP contribution in [-0.2, 0) is 16.5 Å². The summed E-state index contributed by atoms with van der Waals surface area (Å²) in [5.74, 6) is 1.20. The molecule has 0 saturated heterocycles. The van der Waals surface area contributed by atoms with E-state index < -0.39 is 10.1 Å². The number of hydrogen-bond donors (Lipinski definition) is 1. The van der Waals surface area contributed by atoms with E-state index in [1.807, 2.05) is 6.07 Å². The highest BCUT2D eigenvalue weighted by Crippen LogP contribution is 2.46. The Kier molecular flexibility index (Phi) is 2.52. The quantitative estimate of drug-likeness (QED) is 0.782.